The Morgan fingerprint density at radius 3 is 2.09 bits per heavy atom. The van der Waals surface area contributed by atoms with Crippen LogP contribution in [0.3, 0.4) is 0 Å². The predicted octanol–water partition coefficient (Wildman–Crippen LogP) is 2.57. The van der Waals surface area contributed by atoms with Crippen molar-refractivity contribution >= 4 is 11.9 Å². The highest BCUT2D eigenvalue weighted by atomic mass is 16.3. The van der Waals surface area contributed by atoms with Crippen LogP contribution in [0.2, 0.25) is 0 Å². The molecule has 1 fully saturated rings. The Balaban J connectivity index is 2.16. The predicted molar refractivity (Wildman–Crippen MR) is 84.0 cm³/mol. The lowest BCUT2D eigenvalue weighted by Gasteiger charge is -2.25. The number of hydrogen-bond acceptors (Lipinski definition) is 3. The Labute approximate surface area is 131 Å². The third kappa shape index (κ3) is 3.14. The van der Waals surface area contributed by atoms with Crippen LogP contribution in [-0.2, 0) is 17.9 Å². The van der Waals surface area contributed by atoms with Crippen LogP contribution in [0.15, 0.2) is 24.3 Å². The number of aliphatic hydroxyl groups excluding tert-OH is 1. The number of aliphatic hydroxyl groups is 1. The summed E-state index contributed by atoms with van der Waals surface area (Å²) in [5.74, 6) is -0.118. The molecule has 22 heavy (non-hydrogen) atoms. The van der Waals surface area contributed by atoms with Crippen LogP contribution < -0.4 is 5.32 Å². The van der Waals surface area contributed by atoms with Gasteiger partial charge in [-0.3, -0.25) is 9.69 Å². The van der Waals surface area contributed by atoms with E-state index in [4.69, 9.17) is 5.11 Å². The monoisotopic (exact) mass is 304 g/mol. The van der Waals surface area contributed by atoms with E-state index in [1.165, 1.54) is 4.90 Å². The summed E-state index contributed by atoms with van der Waals surface area (Å²) in [7, 11) is 0. The molecule has 0 bridgehead atoms. The van der Waals surface area contributed by atoms with Gasteiger partial charge in [0.2, 0.25) is 0 Å². The van der Waals surface area contributed by atoms with Crippen molar-refractivity contribution in [1.82, 2.24) is 10.2 Å². The number of imide groups is 1. The number of nitrogens with zero attached hydrogens (tertiary/aromatic N) is 1. The van der Waals surface area contributed by atoms with Gasteiger partial charge >= 0.3 is 6.03 Å². The van der Waals surface area contributed by atoms with Crippen molar-refractivity contribution in [2.75, 3.05) is 0 Å². The SMILES string of the molecule is CCCC1(CCC)NC(=O)N(Cc2ccc(CO)cc2)C1=O. The van der Waals surface area contributed by atoms with E-state index in [1.807, 2.05) is 26.0 Å². The molecule has 5 nitrogen and oxygen atoms in total. The number of amides is 3. The van der Waals surface area contributed by atoms with Gasteiger partial charge in [0, 0.05) is 0 Å². The molecule has 0 aliphatic carbocycles. The molecule has 5 heteroatoms. The zero-order valence-corrected chi connectivity index (χ0v) is 13.3. The minimum absolute atomic E-state index is 0.0144. The van der Waals surface area contributed by atoms with Crippen LogP contribution in [0.25, 0.3) is 0 Å². The molecule has 1 heterocycles. The Kier molecular flexibility index (Phi) is 5.19. The first kappa shape index (κ1) is 16.5. The van der Waals surface area contributed by atoms with Crippen LogP contribution in [0, 0.1) is 0 Å². The van der Waals surface area contributed by atoms with E-state index in [-0.39, 0.29) is 25.1 Å². The third-order valence-electron chi connectivity index (χ3n) is 4.15. The Morgan fingerprint density at radius 1 is 1.05 bits per heavy atom. The lowest BCUT2D eigenvalue weighted by Crippen LogP contribution is -2.46. The summed E-state index contributed by atoms with van der Waals surface area (Å²) in [5.41, 5.74) is 0.961. The lowest BCUT2D eigenvalue weighted by molar-refractivity contribution is -0.132. The maximum atomic E-state index is 12.7. The van der Waals surface area contributed by atoms with E-state index in [2.05, 4.69) is 5.32 Å². The minimum atomic E-state index is -0.731. The van der Waals surface area contributed by atoms with Crippen LogP contribution in [-0.4, -0.2) is 27.5 Å². The van der Waals surface area contributed by atoms with Crippen molar-refractivity contribution in [1.29, 1.82) is 0 Å². The van der Waals surface area contributed by atoms with Gasteiger partial charge in [0.25, 0.3) is 5.91 Å². The molecule has 0 radical (unpaired) electrons. The van der Waals surface area contributed by atoms with E-state index in [0.29, 0.717) is 12.8 Å². The third-order valence-corrected chi connectivity index (χ3v) is 4.15. The van der Waals surface area contributed by atoms with Gasteiger partial charge in [-0.15, -0.1) is 0 Å². The zero-order chi connectivity index (χ0) is 16.2. The van der Waals surface area contributed by atoms with E-state index in [0.717, 1.165) is 24.0 Å². The molecule has 1 saturated heterocycles. The number of carbonyl (C=O) groups excluding carboxylic acids is 2. The molecule has 0 atom stereocenters. The first-order valence-electron chi connectivity index (χ1n) is 7.89. The average Bonchev–Trinajstić information content (AvgIpc) is 2.73. The first-order valence-corrected chi connectivity index (χ1v) is 7.89. The molecule has 0 spiro atoms. The highest BCUT2D eigenvalue weighted by molar-refractivity contribution is 6.06. The van der Waals surface area contributed by atoms with Gasteiger partial charge in [-0.05, 0) is 24.0 Å². The number of benzene rings is 1. The number of carbonyl (C=O) groups is 2. The molecule has 0 unspecified atom stereocenters. The van der Waals surface area contributed by atoms with Crippen LogP contribution in [0.1, 0.15) is 50.7 Å². The summed E-state index contributed by atoms with van der Waals surface area (Å²) in [4.78, 5) is 26.3. The fourth-order valence-electron chi connectivity index (χ4n) is 3.07. The summed E-state index contributed by atoms with van der Waals surface area (Å²) in [6, 6.07) is 6.98. The number of hydrogen-bond donors (Lipinski definition) is 2. The van der Waals surface area contributed by atoms with Crippen molar-refractivity contribution in [3.05, 3.63) is 35.4 Å². The zero-order valence-electron chi connectivity index (χ0n) is 13.3. The molecule has 120 valence electrons. The van der Waals surface area contributed by atoms with Gasteiger partial charge in [0.05, 0.1) is 13.2 Å². The van der Waals surface area contributed by atoms with E-state index in [9.17, 15) is 9.59 Å². The summed E-state index contributed by atoms with van der Waals surface area (Å²) in [6.45, 7) is 4.30. The highest BCUT2D eigenvalue weighted by Gasteiger charge is 2.49. The normalized spacial score (nSPS) is 17.0. The van der Waals surface area contributed by atoms with Gasteiger partial charge in [-0.25, -0.2) is 4.79 Å². The molecule has 2 rings (SSSR count). The van der Waals surface area contributed by atoms with Crippen molar-refractivity contribution < 1.29 is 14.7 Å². The average molecular weight is 304 g/mol. The van der Waals surface area contributed by atoms with Gasteiger partial charge < -0.3 is 10.4 Å². The maximum absolute atomic E-state index is 12.7. The molecule has 1 aliphatic heterocycles. The maximum Gasteiger partial charge on any atom is 0.325 e. The Hall–Kier alpha value is -1.88. The number of rotatable bonds is 7. The lowest BCUT2D eigenvalue weighted by atomic mass is 9.88. The fourth-order valence-corrected chi connectivity index (χ4v) is 3.07. The topological polar surface area (TPSA) is 69.6 Å². The molecular weight excluding hydrogens is 280 g/mol. The van der Waals surface area contributed by atoms with E-state index < -0.39 is 5.54 Å². The molecule has 2 N–H and O–H groups in total. The fraction of sp³-hybridized carbons (Fsp3) is 0.529. The van der Waals surface area contributed by atoms with Gasteiger partial charge in [-0.1, -0.05) is 51.0 Å². The largest absolute Gasteiger partial charge is 0.392 e. The van der Waals surface area contributed by atoms with Crippen molar-refractivity contribution in [3.63, 3.8) is 0 Å². The smallest absolute Gasteiger partial charge is 0.325 e. The van der Waals surface area contributed by atoms with Crippen LogP contribution in [0.5, 0.6) is 0 Å². The van der Waals surface area contributed by atoms with Gasteiger partial charge in [-0.2, -0.15) is 0 Å². The molecule has 0 aromatic heterocycles. The van der Waals surface area contributed by atoms with Crippen molar-refractivity contribution in [3.8, 4) is 0 Å². The summed E-state index contributed by atoms with van der Waals surface area (Å²) in [6.07, 6.45) is 3.05. The van der Waals surface area contributed by atoms with E-state index in [1.54, 1.807) is 12.1 Å². The number of nitrogens with one attached hydrogen (secondary N) is 1. The quantitative estimate of drug-likeness (QED) is 0.761. The molecule has 1 aromatic carbocycles. The number of urea groups is 1. The van der Waals surface area contributed by atoms with Crippen molar-refractivity contribution in [2.24, 2.45) is 0 Å². The second-order valence-electron chi connectivity index (χ2n) is 5.88. The molecular formula is C17H24N2O3. The standard InChI is InChI=1S/C17H24N2O3/c1-3-9-17(10-4-2)15(21)19(16(22)18-17)11-13-5-7-14(12-20)8-6-13/h5-8,20H,3-4,9-12H2,1-2H3,(H,18,22). The minimum Gasteiger partial charge on any atom is -0.392 e. The molecule has 1 aliphatic rings. The van der Waals surface area contributed by atoms with Crippen LogP contribution >= 0.6 is 0 Å². The molecule has 0 saturated carbocycles. The van der Waals surface area contributed by atoms with E-state index >= 15 is 0 Å². The summed E-state index contributed by atoms with van der Waals surface area (Å²) < 4.78 is 0. The van der Waals surface area contributed by atoms with Gasteiger partial charge in [0.1, 0.15) is 5.54 Å². The highest BCUT2D eigenvalue weighted by Crippen LogP contribution is 2.29. The second kappa shape index (κ2) is 6.92. The molecule has 3 amide bonds. The summed E-state index contributed by atoms with van der Waals surface area (Å²) >= 11 is 0. The first-order chi connectivity index (χ1) is 10.6. The van der Waals surface area contributed by atoms with Gasteiger partial charge in [0.15, 0.2) is 0 Å². The molecule has 1 aromatic rings. The second-order valence-corrected chi connectivity index (χ2v) is 5.88. The van der Waals surface area contributed by atoms with Crippen LogP contribution in [0.4, 0.5) is 4.79 Å². The Bertz CT molecular complexity index is 533. The Morgan fingerprint density at radius 2 is 1.59 bits per heavy atom. The van der Waals surface area contributed by atoms with Crippen molar-refractivity contribution in [2.45, 2.75) is 58.2 Å². The summed E-state index contributed by atoms with van der Waals surface area (Å²) in [5, 5.41) is 12.0.